The van der Waals surface area contributed by atoms with Crippen LogP contribution in [0, 0.1) is 10.8 Å². The van der Waals surface area contributed by atoms with E-state index in [0.717, 1.165) is 0 Å². The minimum absolute atomic E-state index is 0.139. The van der Waals surface area contributed by atoms with Gasteiger partial charge in [-0.25, -0.2) is 4.79 Å². The van der Waals surface area contributed by atoms with Crippen molar-refractivity contribution in [2.24, 2.45) is 10.8 Å². The molecule has 0 aliphatic heterocycles. The van der Waals surface area contributed by atoms with Crippen LogP contribution in [0.5, 0.6) is 0 Å². The van der Waals surface area contributed by atoms with Gasteiger partial charge in [-0.1, -0.05) is 13.8 Å². The Labute approximate surface area is 177 Å². The van der Waals surface area contributed by atoms with Crippen LogP contribution in [0.1, 0.15) is 48.0 Å². The third kappa shape index (κ3) is 10.3. The third-order valence-electron chi connectivity index (χ3n) is 4.02. The van der Waals surface area contributed by atoms with Crippen molar-refractivity contribution in [2.75, 3.05) is 25.5 Å². The second kappa shape index (κ2) is 11.6. The molecule has 2 atom stereocenters. The first kappa shape index (κ1) is 28.2. The van der Waals surface area contributed by atoms with E-state index in [1.54, 1.807) is 0 Å². The summed E-state index contributed by atoms with van der Waals surface area (Å²) in [6.45, 7) is 7.44. The Morgan fingerprint density at radius 3 is 2.17 bits per heavy atom. The van der Waals surface area contributed by atoms with Crippen molar-refractivity contribution in [1.29, 1.82) is 0 Å². The molecule has 0 heterocycles. The van der Waals surface area contributed by atoms with Crippen LogP contribution in [0.25, 0.3) is 0 Å². The molecular weight excluding hydrogens is 422 g/mol. The maximum atomic E-state index is 12.1. The summed E-state index contributed by atoms with van der Waals surface area (Å²) in [5.74, 6) is -2.56. The average molecular weight is 456 g/mol. The lowest BCUT2D eigenvalue weighted by Crippen LogP contribution is -2.43. The molecule has 0 fully saturated rings. The number of nitrogens with one attached hydrogen (secondary N) is 1. The lowest BCUT2D eigenvalue weighted by atomic mass is 9.88. The largest absolute Gasteiger partial charge is 0.425 e. The summed E-state index contributed by atoms with van der Waals surface area (Å²) < 4.78 is 38.5. The molecule has 0 saturated heterocycles. The smallest absolute Gasteiger partial charge is 0.338 e. The first-order valence-corrected chi connectivity index (χ1v) is 10.9. The summed E-state index contributed by atoms with van der Waals surface area (Å²) in [6, 6.07) is 0. The summed E-state index contributed by atoms with van der Waals surface area (Å²) in [5.41, 5.74) is -2.53. The van der Waals surface area contributed by atoms with E-state index in [0.29, 0.717) is 0 Å². The van der Waals surface area contributed by atoms with Crippen molar-refractivity contribution < 1.29 is 46.7 Å². The lowest BCUT2D eigenvalue weighted by Gasteiger charge is -2.29. The SMILES string of the molecule is CC(=O)NCCCS(=O)(=O)OCC(C)(C)[C@@H](O)C(=O)OC(C)OC(=O)C(C)(C)CO. The number of ether oxygens (including phenoxy) is 2. The number of esters is 2. The summed E-state index contributed by atoms with van der Waals surface area (Å²) in [7, 11) is -3.94. The second-order valence-corrected chi connectivity index (χ2v) is 9.96. The van der Waals surface area contributed by atoms with Crippen molar-refractivity contribution >= 4 is 28.0 Å². The van der Waals surface area contributed by atoms with Crippen LogP contribution in [-0.2, 0) is 38.2 Å². The van der Waals surface area contributed by atoms with E-state index in [9.17, 15) is 27.9 Å². The molecule has 0 rings (SSSR count). The summed E-state index contributed by atoms with van der Waals surface area (Å²) >= 11 is 0. The monoisotopic (exact) mass is 455 g/mol. The first-order chi connectivity index (χ1) is 13.5. The van der Waals surface area contributed by atoms with Crippen LogP contribution in [-0.4, -0.2) is 74.4 Å². The van der Waals surface area contributed by atoms with Crippen LogP contribution in [0.15, 0.2) is 0 Å². The first-order valence-electron chi connectivity index (χ1n) is 9.36. The Hall–Kier alpha value is -1.76. The van der Waals surface area contributed by atoms with E-state index < -0.39 is 58.5 Å². The van der Waals surface area contributed by atoms with Gasteiger partial charge in [-0.3, -0.25) is 13.8 Å². The zero-order valence-corrected chi connectivity index (χ0v) is 19.1. The molecule has 0 aromatic heterocycles. The second-order valence-electron chi connectivity index (χ2n) is 8.20. The fraction of sp³-hybridized carbons (Fsp3) is 0.833. The van der Waals surface area contributed by atoms with Gasteiger partial charge in [-0.15, -0.1) is 0 Å². The quantitative estimate of drug-likeness (QED) is 0.145. The van der Waals surface area contributed by atoms with Gasteiger partial charge in [0.2, 0.25) is 12.2 Å². The Balaban J connectivity index is 4.68. The lowest BCUT2D eigenvalue weighted by molar-refractivity contribution is -0.200. The van der Waals surface area contributed by atoms with Gasteiger partial charge in [0.05, 0.1) is 24.4 Å². The van der Waals surface area contributed by atoms with Gasteiger partial charge in [-0.2, -0.15) is 8.42 Å². The summed E-state index contributed by atoms with van der Waals surface area (Å²) in [5, 5.41) is 21.8. The third-order valence-corrected chi connectivity index (χ3v) is 5.29. The van der Waals surface area contributed by atoms with Crippen molar-refractivity contribution in [3.8, 4) is 0 Å². The van der Waals surface area contributed by atoms with Crippen molar-refractivity contribution in [3.63, 3.8) is 0 Å². The van der Waals surface area contributed by atoms with E-state index in [4.69, 9.17) is 18.8 Å². The Bertz CT molecular complexity index is 702. The zero-order valence-electron chi connectivity index (χ0n) is 18.3. The highest BCUT2D eigenvalue weighted by Gasteiger charge is 2.38. The van der Waals surface area contributed by atoms with E-state index in [2.05, 4.69) is 5.32 Å². The van der Waals surface area contributed by atoms with Crippen molar-refractivity contribution in [3.05, 3.63) is 0 Å². The predicted octanol–water partition coefficient (Wildman–Crippen LogP) is -0.303. The Morgan fingerprint density at radius 1 is 1.10 bits per heavy atom. The van der Waals surface area contributed by atoms with Crippen molar-refractivity contribution in [2.45, 2.75) is 60.4 Å². The van der Waals surface area contributed by atoms with Gasteiger partial charge in [0.1, 0.15) is 0 Å². The average Bonchev–Trinajstić information content (AvgIpc) is 2.62. The molecule has 0 aromatic carbocycles. The molecule has 176 valence electrons. The van der Waals surface area contributed by atoms with Gasteiger partial charge >= 0.3 is 11.9 Å². The van der Waals surface area contributed by atoms with E-state index >= 15 is 0 Å². The molecule has 0 saturated carbocycles. The number of aliphatic hydroxyl groups is 2. The number of hydrogen-bond acceptors (Lipinski definition) is 10. The van der Waals surface area contributed by atoms with Crippen LogP contribution in [0.3, 0.4) is 0 Å². The fourth-order valence-electron chi connectivity index (χ4n) is 1.84. The highest BCUT2D eigenvalue weighted by molar-refractivity contribution is 7.86. The van der Waals surface area contributed by atoms with Gasteiger partial charge in [0.25, 0.3) is 10.1 Å². The summed E-state index contributed by atoms with van der Waals surface area (Å²) in [6.07, 6.45) is -2.96. The molecule has 0 aliphatic rings. The number of hydrogen-bond donors (Lipinski definition) is 3. The van der Waals surface area contributed by atoms with Crippen LogP contribution >= 0.6 is 0 Å². The molecular formula is C18H33NO10S. The molecule has 0 spiro atoms. The summed E-state index contributed by atoms with van der Waals surface area (Å²) in [4.78, 5) is 34.8. The molecule has 0 aromatic rings. The molecule has 1 amide bonds. The molecule has 12 heteroatoms. The molecule has 30 heavy (non-hydrogen) atoms. The maximum absolute atomic E-state index is 12.1. The molecule has 0 bridgehead atoms. The number of amides is 1. The highest BCUT2D eigenvalue weighted by atomic mass is 32.2. The van der Waals surface area contributed by atoms with E-state index in [1.807, 2.05) is 0 Å². The number of carbonyl (C=O) groups is 3. The van der Waals surface area contributed by atoms with Gasteiger partial charge < -0.3 is 25.0 Å². The van der Waals surface area contributed by atoms with Crippen LogP contribution in [0.4, 0.5) is 0 Å². The maximum Gasteiger partial charge on any atom is 0.338 e. The van der Waals surface area contributed by atoms with Crippen LogP contribution in [0.2, 0.25) is 0 Å². The fourth-order valence-corrected chi connectivity index (χ4v) is 2.94. The number of carbonyl (C=O) groups excluding carboxylic acids is 3. The Morgan fingerprint density at radius 2 is 1.67 bits per heavy atom. The van der Waals surface area contributed by atoms with Gasteiger partial charge in [0.15, 0.2) is 6.10 Å². The number of rotatable bonds is 13. The predicted molar refractivity (Wildman–Crippen MR) is 105 cm³/mol. The van der Waals surface area contributed by atoms with E-state index in [1.165, 1.54) is 41.5 Å². The standard InChI is InChI=1S/C18H33NO10S/c1-12(21)19-8-7-9-30(25,26)27-11-18(5,6)14(22)15(23)28-13(2)29-16(24)17(3,4)10-20/h13-14,20,22H,7-11H2,1-6H3,(H,19,21)/t13?,14-/m0/s1. The van der Waals surface area contributed by atoms with Gasteiger partial charge in [-0.05, 0) is 20.3 Å². The minimum atomic E-state index is -3.94. The van der Waals surface area contributed by atoms with Crippen molar-refractivity contribution in [1.82, 2.24) is 5.32 Å². The molecule has 0 aliphatic carbocycles. The Kier molecular flexibility index (Phi) is 10.9. The molecule has 1 unspecified atom stereocenters. The topological polar surface area (TPSA) is 166 Å². The highest BCUT2D eigenvalue weighted by Crippen LogP contribution is 2.24. The normalized spacial score (nSPS) is 14.5. The minimum Gasteiger partial charge on any atom is -0.425 e. The molecule has 3 N–H and O–H groups in total. The number of aliphatic hydroxyl groups excluding tert-OH is 2. The van der Waals surface area contributed by atoms with Gasteiger partial charge in [0, 0.05) is 25.8 Å². The van der Waals surface area contributed by atoms with E-state index in [-0.39, 0.29) is 24.6 Å². The zero-order chi connectivity index (χ0) is 23.8. The molecule has 11 nitrogen and oxygen atoms in total. The molecule has 0 radical (unpaired) electrons. The van der Waals surface area contributed by atoms with Crippen LogP contribution < -0.4 is 5.32 Å².